The van der Waals surface area contributed by atoms with Crippen LogP contribution in [-0.4, -0.2) is 50.7 Å². The van der Waals surface area contributed by atoms with E-state index in [9.17, 15) is 18.0 Å². The van der Waals surface area contributed by atoms with Gasteiger partial charge in [-0.05, 0) is 81.0 Å². The topological polar surface area (TPSA) is 84.6 Å². The number of nitrogens with zero attached hydrogens (tertiary/aromatic N) is 5. The predicted molar refractivity (Wildman–Crippen MR) is 172 cm³/mol. The number of hydrogen-bond donors (Lipinski definition) is 1. The molecule has 0 saturated carbocycles. The van der Waals surface area contributed by atoms with E-state index in [0.29, 0.717) is 18.1 Å². The van der Waals surface area contributed by atoms with Crippen LogP contribution in [0.15, 0.2) is 72.0 Å². The van der Waals surface area contributed by atoms with Gasteiger partial charge in [-0.25, -0.2) is 14.5 Å². The van der Waals surface area contributed by atoms with Crippen LogP contribution in [0.25, 0.3) is 17.1 Å². The number of aromatic nitrogens is 3. The van der Waals surface area contributed by atoms with Crippen molar-refractivity contribution in [2.45, 2.75) is 59.4 Å². The molecular formula is C33H35F3N6O2S. The Morgan fingerprint density at radius 2 is 1.76 bits per heavy atom. The van der Waals surface area contributed by atoms with Crippen LogP contribution >= 0.6 is 11.8 Å². The zero-order chi connectivity index (χ0) is 32.3. The van der Waals surface area contributed by atoms with E-state index in [0.717, 1.165) is 34.2 Å². The number of aryl methyl sites for hydroxylation is 3. The van der Waals surface area contributed by atoms with Crippen molar-refractivity contribution in [2.75, 3.05) is 17.2 Å². The zero-order valence-corrected chi connectivity index (χ0v) is 26.5. The van der Waals surface area contributed by atoms with Crippen molar-refractivity contribution in [3.05, 3.63) is 89.2 Å². The van der Waals surface area contributed by atoms with E-state index in [1.165, 1.54) is 52.0 Å². The second-order valence-electron chi connectivity index (χ2n) is 11.3. The first-order valence-corrected chi connectivity index (χ1v) is 15.6. The maximum absolute atomic E-state index is 13.0. The fourth-order valence-corrected chi connectivity index (χ4v) is 6.63. The van der Waals surface area contributed by atoms with Gasteiger partial charge < -0.3 is 15.0 Å². The van der Waals surface area contributed by atoms with Crippen LogP contribution in [0.1, 0.15) is 48.4 Å². The summed E-state index contributed by atoms with van der Waals surface area (Å²) in [4.78, 5) is 24.0. The molecule has 1 fully saturated rings. The maximum Gasteiger partial charge on any atom is 0.573 e. The van der Waals surface area contributed by atoms with E-state index in [1.807, 2.05) is 31.2 Å². The molecule has 45 heavy (non-hydrogen) atoms. The molecule has 0 bridgehead atoms. The summed E-state index contributed by atoms with van der Waals surface area (Å²) in [7, 11) is 0. The molecule has 1 aromatic heterocycles. The van der Waals surface area contributed by atoms with Crippen LogP contribution in [0.4, 0.5) is 23.7 Å². The van der Waals surface area contributed by atoms with Crippen LogP contribution in [-0.2, 0) is 0 Å². The molecule has 12 heteroatoms. The second kappa shape index (κ2) is 13.4. The van der Waals surface area contributed by atoms with Crippen LogP contribution in [0.3, 0.4) is 0 Å². The number of carbonyl (C=O) groups is 1. The van der Waals surface area contributed by atoms with Gasteiger partial charge in [0.1, 0.15) is 12.1 Å². The minimum atomic E-state index is -4.75. The molecule has 4 aromatic rings. The molecule has 0 spiro atoms. The van der Waals surface area contributed by atoms with E-state index >= 15 is 0 Å². The van der Waals surface area contributed by atoms with Crippen molar-refractivity contribution < 1.29 is 22.7 Å². The summed E-state index contributed by atoms with van der Waals surface area (Å²) in [6.45, 7) is 10.9. The van der Waals surface area contributed by atoms with Crippen LogP contribution in [0, 0.1) is 20.8 Å². The number of carbonyl (C=O) groups excluding carboxylic acids is 1. The Kier molecular flexibility index (Phi) is 9.52. The van der Waals surface area contributed by atoms with Gasteiger partial charge in [0.25, 0.3) is 0 Å². The molecule has 0 aliphatic carbocycles. The number of aliphatic imine (C=N–C) groups is 1. The summed E-state index contributed by atoms with van der Waals surface area (Å²) < 4.78 is 42.7. The molecule has 1 aliphatic heterocycles. The van der Waals surface area contributed by atoms with Crippen LogP contribution < -0.4 is 15.0 Å². The Morgan fingerprint density at radius 3 is 2.40 bits per heavy atom. The third-order valence-corrected chi connectivity index (χ3v) is 8.60. The molecule has 5 rings (SSSR count). The molecule has 1 saturated heterocycles. The first-order chi connectivity index (χ1) is 21.4. The molecule has 0 radical (unpaired) electrons. The van der Waals surface area contributed by atoms with Gasteiger partial charge in [-0.3, -0.25) is 0 Å². The Morgan fingerprint density at radius 1 is 1.09 bits per heavy atom. The standard InChI is InChI=1S/C33H35F3N6O2S/c1-20-16-21(2)29(22(3)17-20)42-24(5)14-15-45-32(42)39-31(43)37-18-23(4)25-6-8-26(9-7-25)30-38-19-41(40-30)27-10-12-28(13-11-27)44-33(34,35)36/h6-13,16-17,19,23-24H,14-15,18H2,1-5H3,(H,37,43). The SMILES string of the molecule is Cc1cc(C)c(N2C(=NC(=O)NCC(C)c3ccc(-c4ncn(-c5ccc(OC(F)(F)F)cc5)n4)cc3)SCCC2C)c(C)c1. The van der Waals surface area contributed by atoms with Crippen LogP contribution in [0.5, 0.6) is 5.75 Å². The summed E-state index contributed by atoms with van der Waals surface area (Å²) in [5.74, 6) is 1.10. The molecule has 2 heterocycles. The van der Waals surface area contributed by atoms with Gasteiger partial charge in [-0.2, -0.15) is 4.99 Å². The van der Waals surface area contributed by atoms with Gasteiger partial charge in [-0.1, -0.05) is 60.6 Å². The lowest BCUT2D eigenvalue weighted by molar-refractivity contribution is -0.274. The molecule has 2 atom stereocenters. The third-order valence-electron chi connectivity index (χ3n) is 7.61. The highest BCUT2D eigenvalue weighted by Crippen LogP contribution is 2.34. The lowest BCUT2D eigenvalue weighted by atomic mass is 10.00. The van der Waals surface area contributed by atoms with E-state index in [2.05, 4.69) is 69.9 Å². The van der Waals surface area contributed by atoms with Gasteiger partial charge in [-0.15, -0.1) is 18.3 Å². The number of halogens is 3. The molecular weight excluding hydrogens is 601 g/mol. The van der Waals surface area contributed by atoms with Crippen molar-refractivity contribution in [1.29, 1.82) is 0 Å². The van der Waals surface area contributed by atoms with E-state index in [1.54, 1.807) is 11.8 Å². The molecule has 2 amide bonds. The highest BCUT2D eigenvalue weighted by molar-refractivity contribution is 8.14. The second-order valence-corrected chi connectivity index (χ2v) is 12.3. The van der Waals surface area contributed by atoms with E-state index in [4.69, 9.17) is 0 Å². The monoisotopic (exact) mass is 636 g/mol. The average molecular weight is 637 g/mol. The number of urea groups is 1. The van der Waals surface area contributed by atoms with Gasteiger partial charge >= 0.3 is 12.4 Å². The van der Waals surface area contributed by atoms with Crippen molar-refractivity contribution >= 4 is 28.6 Å². The number of alkyl halides is 3. The Hall–Kier alpha value is -4.32. The zero-order valence-electron chi connectivity index (χ0n) is 25.7. The maximum atomic E-state index is 13.0. The minimum Gasteiger partial charge on any atom is -0.406 e. The van der Waals surface area contributed by atoms with E-state index in [-0.39, 0.29) is 23.7 Å². The quantitative estimate of drug-likeness (QED) is 0.222. The van der Waals surface area contributed by atoms with Crippen molar-refractivity contribution in [3.63, 3.8) is 0 Å². The number of amides is 2. The fraction of sp³-hybridized carbons (Fsp3) is 0.333. The molecule has 2 unspecified atom stereocenters. The molecule has 1 N–H and O–H groups in total. The summed E-state index contributed by atoms with van der Waals surface area (Å²) in [5, 5.41) is 8.15. The number of anilines is 1. The largest absolute Gasteiger partial charge is 0.573 e. The number of benzene rings is 3. The van der Waals surface area contributed by atoms with Gasteiger partial charge in [0, 0.05) is 29.6 Å². The smallest absolute Gasteiger partial charge is 0.406 e. The Labute approximate surface area is 264 Å². The minimum absolute atomic E-state index is 0.0294. The summed E-state index contributed by atoms with van der Waals surface area (Å²) >= 11 is 1.61. The lowest BCUT2D eigenvalue weighted by Crippen LogP contribution is -2.43. The highest BCUT2D eigenvalue weighted by Gasteiger charge is 2.31. The first kappa shape index (κ1) is 32.1. The molecule has 236 valence electrons. The lowest BCUT2D eigenvalue weighted by Gasteiger charge is -2.37. The number of ether oxygens (including phenoxy) is 1. The number of hydrogen-bond acceptors (Lipinski definition) is 5. The molecule has 8 nitrogen and oxygen atoms in total. The highest BCUT2D eigenvalue weighted by atomic mass is 32.2. The van der Waals surface area contributed by atoms with Crippen molar-refractivity contribution in [1.82, 2.24) is 20.1 Å². The van der Waals surface area contributed by atoms with Crippen molar-refractivity contribution in [3.8, 4) is 22.8 Å². The van der Waals surface area contributed by atoms with Gasteiger partial charge in [0.05, 0.1) is 5.69 Å². The number of thioether (sulfide) groups is 1. The number of amidine groups is 1. The molecule has 1 aliphatic rings. The summed E-state index contributed by atoms with van der Waals surface area (Å²) in [6, 6.07) is 17.3. The fourth-order valence-electron chi connectivity index (χ4n) is 5.43. The third kappa shape index (κ3) is 7.86. The Bertz CT molecular complexity index is 1660. The summed E-state index contributed by atoms with van der Waals surface area (Å²) in [6.07, 6.45) is -2.24. The average Bonchev–Trinajstić information content (AvgIpc) is 3.47. The Balaban J connectivity index is 1.21. The van der Waals surface area contributed by atoms with Gasteiger partial charge in [0.15, 0.2) is 11.0 Å². The van der Waals surface area contributed by atoms with Crippen molar-refractivity contribution in [2.24, 2.45) is 4.99 Å². The van der Waals surface area contributed by atoms with E-state index < -0.39 is 6.36 Å². The van der Waals surface area contributed by atoms with Crippen LogP contribution in [0.2, 0.25) is 0 Å². The normalized spacial score (nSPS) is 16.9. The number of rotatable bonds is 7. The first-order valence-electron chi connectivity index (χ1n) is 14.6. The number of nitrogens with one attached hydrogen (secondary N) is 1. The summed E-state index contributed by atoms with van der Waals surface area (Å²) in [5.41, 5.74) is 7.02. The predicted octanol–water partition coefficient (Wildman–Crippen LogP) is 7.96. The van der Waals surface area contributed by atoms with Gasteiger partial charge in [0.2, 0.25) is 0 Å². The molecule has 3 aromatic carbocycles.